The maximum absolute atomic E-state index is 11.3. The Labute approximate surface area is 96.5 Å². The molecule has 0 aliphatic heterocycles. The molecular formula is C15H16O. The van der Waals surface area contributed by atoms with Crippen LogP contribution in [0.4, 0.5) is 0 Å². The smallest absolute Gasteiger partial charge is 0.181 e. The number of carbonyl (C=O) groups excluding carboxylic acids is 1. The van der Waals surface area contributed by atoms with Gasteiger partial charge in [-0.05, 0) is 42.9 Å². The maximum atomic E-state index is 11.3. The van der Waals surface area contributed by atoms with Gasteiger partial charge in [-0.2, -0.15) is 0 Å². The highest BCUT2D eigenvalue weighted by molar-refractivity contribution is 6.06. The summed E-state index contributed by atoms with van der Waals surface area (Å²) in [5, 5.41) is 0. The van der Waals surface area contributed by atoms with E-state index >= 15 is 0 Å². The van der Waals surface area contributed by atoms with Gasteiger partial charge in [0.05, 0.1) is 0 Å². The fourth-order valence-corrected chi connectivity index (χ4v) is 1.94. The van der Waals surface area contributed by atoms with E-state index in [4.69, 9.17) is 0 Å². The molecule has 0 fully saturated rings. The molecule has 0 saturated heterocycles. The van der Waals surface area contributed by atoms with Gasteiger partial charge in [-0.25, -0.2) is 0 Å². The first-order chi connectivity index (χ1) is 7.86. The Morgan fingerprint density at radius 1 is 0.938 bits per heavy atom. The fourth-order valence-electron chi connectivity index (χ4n) is 1.94. The third kappa shape index (κ3) is 2.93. The first-order valence-corrected chi connectivity index (χ1v) is 5.82. The summed E-state index contributed by atoms with van der Waals surface area (Å²) >= 11 is 0. The van der Waals surface area contributed by atoms with Crippen LogP contribution in [0.15, 0.2) is 54.1 Å². The summed E-state index contributed by atoms with van der Waals surface area (Å²) in [5.41, 5.74) is 2.35. The summed E-state index contributed by atoms with van der Waals surface area (Å²) < 4.78 is 0. The summed E-state index contributed by atoms with van der Waals surface area (Å²) in [7, 11) is 0. The Morgan fingerprint density at radius 2 is 1.69 bits per heavy atom. The largest absolute Gasteiger partial charge is 0.290 e. The molecule has 1 aromatic rings. The van der Waals surface area contributed by atoms with Gasteiger partial charge in [0.1, 0.15) is 0 Å². The molecule has 0 N–H and O–H groups in total. The van der Waals surface area contributed by atoms with Crippen molar-refractivity contribution in [2.24, 2.45) is 0 Å². The molecule has 0 radical (unpaired) electrons. The predicted molar refractivity (Wildman–Crippen MR) is 66.2 cm³/mol. The highest BCUT2D eigenvalue weighted by Gasteiger charge is 2.08. The zero-order valence-electron chi connectivity index (χ0n) is 9.36. The van der Waals surface area contributed by atoms with E-state index in [-0.39, 0.29) is 5.78 Å². The van der Waals surface area contributed by atoms with Crippen LogP contribution < -0.4 is 0 Å². The third-order valence-corrected chi connectivity index (χ3v) is 2.87. The SMILES string of the molecule is O=C1C=CC=C1CCCCc1ccccc1. The number of aryl methyl sites for hydroxylation is 1. The molecule has 1 aliphatic carbocycles. The van der Waals surface area contributed by atoms with Gasteiger partial charge in [0.15, 0.2) is 5.78 Å². The molecule has 0 atom stereocenters. The predicted octanol–water partition coefficient (Wildman–Crippen LogP) is 3.46. The highest BCUT2D eigenvalue weighted by atomic mass is 16.1. The molecule has 1 aromatic carbocycles. The second-order valence-electron chi connectivity index (χ2n) is 4.11. The average molecular weight is 212 g/mol. The molecule has 1 heteroatoms. The van der Waals surface area contributed by atoms with Crippen LogP contribution in [0.2, 0.25) is 0 Å². The van der Waals surface area contributed by atoms with Gasteiger partial charge in [0, 0.05) is 0 Å². The summed E-state index contributed by atoms with van der Waals surface area (Å²) in [6.45, 7) is 0. The van der Waals surface area contributed by atoms with Crippen LogP contribution >= 0.6 is 0 Å². The van der Waals surface area contributed by atoms with E-state index in [1.807, 2.05) is 18.2 Å². The molecule has 16 heavy (non-hydrogen) atoms. The molecule has 0 heterocycles. The van der Waals surface area contributed by atoms with Crippen molar-refractivity contribution in [3.63, 3.8) is 0 Å². The zero-order valence-corrected chi connectivity index (χ0v) is 9.36. The van der Waals surface area contributed by atoms with Crippen molar-refractivity contribution in [2.75, 3.05) is 0 Å². The normalized spacial score (nSPS) is 14.2. The minimum absolute atomic E-state index is 0.194. The van der Waals surface area contributed by atoms with Gasteiger partial charge in [0.2, 0.25) is 0 Å². The topological polar surface area (TPSA) is 17.1 Å². The van der Waals surface area contributed by atoms with Crippen molar-refractivity contribution in [2.45, 2.75) is 25.7 Å². The summed E-state index contributed by atoms with van der Waals surface area (Å²) in [5.74, 6) is 0.194. The van der Waals surface area contributed by atoms with Crippen molar-refractivity contribution in [1.82, 2.24) is 0 Å². The number of allylic oxidation sites excluding steroid dienone is 4. The highest BCUT2D eigenvalue weighted by Crippen LogP contribution is 2.15. The lowest BCUT2D eigenvalue weighted by molar-refractivity contribution is -0.111. The zero-order chi connectivity index (χ0) is 11.2. The van der Waals surface area contributed by atoms with Crippen molar-refractivity contribution >= 4 is 5.78 Å². The van der Waals surface area contributed by atoms with Crippen LogP contribution in [0.5, 0.6) is 0 Å². The standard InChI is InChI=1S/C15H16O/c16-15-12-6-11-14(15)10-5-4-9-13-7-2-1-3-8-13/h1-3,6-8,11-12H,4-5,9-10H2. The number of carbonyl (C=O) groups is 1. The quantitative estimate of drug-likeness (QED) is 0.683. The van der Waals surface area contributed by atoms with Gasteiger partial charge < -0.3 is 0 Å². The minimum Gasteiger partial charge on any atom is -0.290 e. The Kier molecular flexibility index (Phi) is 3.71. The van der Waals surface area contributed by atoms with Crippen molar-refractivity contribution in [3.05, 3.63) is 59.7 Å². The minimum atomic E-state index is 0.194. The van der Waals surface area contributed by atoms with Crippen molar-refractivity contribution < 1.29 is 4.79 Å². The van der Waals surface area contributed by atoms with E-state index in [2.05, 4.69) is 24.3 Å². The van der Waals surface area contributed by atoms with Crippen LogP contribution in [-0.2, 0) is 11.2 Å². The Bertz CT molecular complexity index is 412. The molecule has 1 aliphatic rings. The Balaban J connectivity index is 1.68. The monoisotopic (exact) mass is 212 g/mol. The van der Waals surface area contributed by atoms with Crippen LogP contribution in [0.25, 0.3) is 0 Å². The van der Waals surface area contributed by atoms with E-state index in [9.17, 15) is 4.79 Å². The number of unbranched alkanes of at least 4 members (excludes halogenated alkanes) is 1. The van der Waals surface area contributed by atoms with Crippen molar-refractivity contribution in [1.29, 1.82) is 0 Å². The summed E-state index contributed by atoms with van der Waals surface area (Å²) in [6.07, 6.45) is 9.68. The Morgan fingerprint density at radius 3 is 2.38 bits per heavy atom. The second kappa shape index (κ2) is 5.45. The van der Waals surface area contributed by atoms with E-state index < -0.39 is 0 Å². The average Bonchev–Trinajstić information content (AvgIpc) is 2.72. The van der Waals surface area contributed by atoms with Crippen LogP contribution in [0.3, 0.4) is 0 Å². The second-order valence-corrected chi connectivity index (χ2v) is 4.11. The number of ketones is 1. The lowest BCUT2D eigenvalue weighted by atomic mass is 10.0. The van der Waals surface area contributed by atoms with Gasteiger partial charge >= 0.3 is 0 Å². The lowest BCUT2D eigenvalue weighted by Gasteiger charge is -2.02. The van der Waals surface area contributed by atoms with E-state index in [1.165, 1.54) is 5.56 Å². The first-order valence-electron chi connectivity index (χ1n) is 5.82. The third-order valence-electron chi connectivity index (χ3n) is 2.87. The molecule has 82 valence electrons. The first kappa shape index (κ1) is 10.9. The van der Waals surface area contributed by atoms with Gasteiger partial charge in [-0.3, -0.25) is 4.79 Å². The van der Waals surface area contributed by atoms with Crippen LogP contribution in [-0.4, -0.2) is 5.78 Å². The lowest BCUT2D eigenvalue weighted by Crippen LogP contribution is -1.95. The molecule has 2 rings (SSSR count). The van der Waals surface area contributed by atoms with Gasteiger partial charge in [-0.15, -0.1) is 0 Å². The Hall–Kier alpha value is -1.63. The van der Waals surface area contributed by atoms with Gasteiger partial charge in [0.25, 0.3) is 0 Å². The maximum Gasteiger partial charge on any atom is 0.181 e. The molecule has 0 amide bonds. The molecule has 0 saturated carbocycles. The molecular weight excluding hydrogens is 196 g/mol. The van der Waals surface area contributed by atoms with Gasteiger partial charge in [-0.1, -0.05) is 42.5 Å². The number of hydrogen-bond acceptors (Lipinski definition) is 1. The molecule has 0 spiro atoms. The fraction of sp³-hybridized carbons (Fsp3) is 0.267. The summed E-state index contributed by atoms with van der Waals surface area (Å²) in [4.78, 5) is 11.3. The van der Waals surface area contributed by atoms with Crippen LogP contribution in [0.1, 0.15) is 24.8 Å². The molecule has 0 bridgehead atoms. The summed E-state index contributed by atoms with van der Waals surface area (Å²) in [6, 6.07) is 10.5. The molecule has 1 nitrogen and oxygen atoms in total. The molecule has 0 unspecified atom stereocenters. The van der Waals surface area contributed by atoms with Crippen molar-refractivity contribution in [3.8, 4) is 0 Å². The number of rotatable bonds is 5. The molecule has 0 aromatic heterocycles. The van der Waals surface area contributed by atoms with Crippen LogP contribution in [0, 0.1) is 0 Å². The van der Waals surface area contributed by atoms with E-state index in [1.54, 1.807) is 6.08 Å². The number of benzene rings is 1. The number of hydrogen-bond donors (Lipinski definition) is 0. The van der Waals surface area contributed by atoms with E-state index in [0.717, 1.165) is 31.3 Å². The van der Waals surface area contributed by atoms with E-state index in [0.29, 0.717) is 0 Å².